The van der Waals surface area contributed by atoms with Gasteiger partial charge in [-0.15, -0.1) is 0 Å². The third kappa shape index (κ3) is 2.95. The molecular formula is C9H5ClF2O. The van der Waals surface area contributed by atoms with Gasteiger partial charge in [0.25, 0.3) is 0 Å². The molecule has 0 atom stereocenters. The SMILES string of the molecule is O=C(F)/C=C/c1cc(Cl)ccc1F. The van der Waals surface area contributed by atoms with Crippen LogP contribution in [0.5, 0.6) is 0 Å². The lowest BCUT2D eigenvalue weighted by molar-refractivity contribution is -0.124. The topological polar surface area (TPSA) is 17.1 Å². The average molecular weight is 203 g/mol. The van der Waals surface area contributed by atoms with Crippen LogP contribution in [0.15, 0.2) is 24.3 Å². The van der Waals surface area contributed by atoms with E-state index in [1.807, 2.05) is 0 Å². The summed E-state index contributed by atoms with van der Waals surface area (Å²) in [4.78, 5) is 9.90. The fourth-order valence-electron chi connectivity index (χ4n) is 0.798. The minimum absolute atomic E-state index is 0.0819. The summed E-state index contributed by atoms with van der Waals surface area (Å²) in [5.74, 6) is -0.554. The molecule has 13 heavy (non-hydrogen) atoms. The molecule has 0 spiro atoms. The summed E-state index contributed by atoms with van der Waals surface area (Å²) >= 11 is 5.55. The summed E-state index contributed by atoms with van der Waals surface area (Å²) in [7, 11) is 0. The summed E-state index contributed by atoms with van der Waals surface area (Å²) in [6.45, 7) is 0. The highest BCUT2D eigenvalue weighted by Gasteiger charge is 1.99. The lowest BCUT2D eigenvalue weighted by Gasteiger charge is -1.95. The number of hydrogen-bond donors (Lipinski definition) is 0. The smallest absolute Gasteiger partial charge is 0.256 e. The molecule has 4 heteroatoms. The molecule has 0 aliphatic rings. The first-order valence-corrected chi connectivity index (χ1v) is 3.80. The second-order valence-electron chi connectivity index (χ2n) is 2.30. The Morgan fingerprint density at radius 1 is 1.46 bits per heavy atom. The first-order chi connectivity index (χ1) is 6.09. The summed E-state index contributed by atoms with van der Waals surface area (Å²) in [5.41, 5.74) is 0.0819. The Balaban J connectivity index is 3.00. The van der Waals surface area contributed by atoms with E-state index in [1.165, 1.54) is 12.1 Å². The quantitative estimate of drug-likeness (QED) is 0.532. The van der Waals surface area contributed by atoms with Crippen molar-refractivity contribution in [3.05, 3.63) is 40.7 Å². The molecule has 0 aliphatic heterocycles. The van der Waals surface area contributed by atoms with Gasteiger partial charge in [-0.05, 0) is 24.3 Å². The fourth-order valence-corrected chi connectivity index (χ4v) is 0.978. The van der Waals surface area contributed by atoms with Crippen LogP contribution in [0.4, 0.5) is 8.78 Å². The van der Waals surface area contributed by atoms with Crippen LogP contribution in [-0.2, 0) is 4.79 Å². The van der Waals surface area contributed by atoms with Crippen molar-refractivity contribution in [2.24, 2.45) is 0 Å². The van der Waals surface area contributed by atoms with Crippen LogP contribution in [0.1, 0.15) is 5.56 Å². The molecule has 0 saturated heterocycles. The Morgan fingerprint density at radius 3 is 2.77 bits per heavy atom. The van der Waals surface area contributed by atoms with E-state index in [2.05, 4.69) is 0 Å². The predicted molar refractivity (Wildman–Crippen MR) is 46.6 cm³/mol. The van der Waals surface area contributed by atoms with Crippen molar-refractivity contribution in [1.29, 1.82) is 0 Å². The van der Waals surface area contributed by atoms with Gasteiger partial charge in [0, 0.05) is 16.7 Å². The van der Waals surface area contributed by atoms with Crippen LogP contribution in [0.2, 0.25) is 5.02 Å². The van der Waals surface area contributed by atoms with Gasteiger partial charge in [0.15, 0.2) is 0 Å². The Kier molecular flexibility index (Phi) is 3.14. The third-order valence-electron chi connectivity index (χ3n) is 1.35. The van der Waals surface area contributed by atoms with E-state index in [1.54, 1.807) is 0 Å². The Hall–Kier alpha value is -1.22. The molecule has 0 amide bonds. The fraction of sp³-hybridized carbons (Fsp3) is 0. The van der Waals surface area contributed by atoms with Crippen LogP contribution >= 0.6 is 11.6 Å². The molecule has 1 aromatic carbocycles. The molecular weight excluding hydrogens is 198 g/mol. The van der Waals surface area contributed by atoms with Gasteiger partial charge in [-0.3, -0.25) is 4.79 Å². The van der Waals surface area contributed by atoms with Gasteiger partial charge in [0.2, 0.25) is 0 Å². The van der Waals surface area contributed by atoms with Gasteiger partial charge in [-0.2, -0.15) is 4.39 Å². The van der Waals surface area contributed by atoms with Crippen LogP contribution in [0.3, 0.4) is 0 Å². The maximum atomic E-state index is 12.9. The number of halogens is 3. The van der Waals surface area contributed by atoms with Gasteiger partial charge < -0.3 is 0 Å². The number of benzene rings is 1. The molecule has 0 fully saturated rings. The van der Waals surface area contributed by atoms with Gasteiger partial charge in [-0.1, -0.05) is 11.6 Å². The highest BCUT2D eigenvalue weighted by atomic mass is 35.5. The zero-order valence-corrected chi connectivity index (χ0v) is 7.18. The molecule has 0 saturated carbocycles. The van der Waals surface area contributed by atoms with E-state index in [0.29, 0.717) is 11.1 Å². The molecule has 0 N–H and O–H groups in total. The number of carbonyl (C=O) groups excluding carboxylic acids is 1. The molecule has 0 radical (unpaired) electrons. The minimum atomic E-state index is -1.63. The zero-order chi connectivity index (χ0) is 9.84. The maximum Gasteiger partial charge on any atom is 0.324 e. The van der Waals surface area contributed by atoms with E-state index < -0.39 is 11.9 Å². The molecule has 1 nitrogen and oxygen atoms in total. The molecule has 0 aromatic heterocycles. The molecule has 68 valence electrons. The van der Waals surface area contributed by atoms with Crippen molar-refractivity contribution in [3.63, 3.8) is 0 Å². The van der Waals surface area contributed by atoms with Crippen molar-refractivity contribution in [1.82, 2.24) is 0 Å². The second-order valence-corrected chi connectivity index (χ2v) is 2.74. The van der Waals surface area contributed by atoms with Gasteiger partial charge in [0.1, 0.15) is 5.82 Å². The Bertz CT molecular complexity index is 361. The summed E-state index contributed by atoms with van der Waals surface area (Å²) < 4.78 is 24.6. The number of allylic oxidation sites excluding steroid dienone is 1. The number of rotatable bonds is 2. The molecule has 0 unspecified atom stereocenters. The average Bonchev–Trinajstić information content (AvgIpc) is 2.06. The first-order valence-electron chi connectivity index (χ1n) is 3.42. The highest BCUT2D eigenvalue weighted by molar-refractivity contribution is 6.30. The lowest BCUT2D eigenvalue weighted by atomic mass is 10.2. The summed E-state index contributed by atoms with van der Waals surface area (Å²) in [5, 5.41) is 0.326. The van der Waals surface area contributed by atoms with Crippen LogP contribution in [-0.4, -0.2) is 6.04 Å². The van der Waals surface area contributed by atoms with Crippen molar-refractivity contribution in [2.45, 2.75) is 0 Å². The minimum Gasteiger partial charge on any atom is -0.256 e. The summed E-state index contributed by atoms with van der Waals surface area (Å²) in [6.07, 6.45) is 1.66. The third-order valence-corrected chi connectivity index (χ3v) is 1.59. The standard InChI is InChI=1S/C9H5ClF2O/c10-7-2-3-8(11)6(5-7)1-4-9(12)13/h1-5H/b4-1+. The van der Waals surface area contributed by atoms with Crippen molar-refractivity contribution in [3.8, 4) is 0 Å². The van der Waals surface area contributed by atoms with E-state index in [4.69, 9.17) is 11.6 Å². The summed E-state index contributed by atoms with van der Waals surface area (Å²) in [6, 6.07) is 2.19. The maximum absolute atomic E-state index is 12.9. The normalized spacial score (nSPS) is 10.7. The Morgan fingerprint density at radius 2 is 2.15 bits per heavy atom. The number of carbonyl (C=O) groups is 1. The monoisotopic (exact) mass is 202 g/mol. The van der Waals surface area contributed by atoms with E-state index >= 15 is 0 Å². The van der Waals surface area contributed by atoms with Gasteiger partial charge >= 0.3 is 6.04 Å². The van der Waals surface area contributed by atoms with Crippen molar-refractivity contribution < 1.29 is 13.6 Å². The van der Waals surface area contributed by atoms with Gasteiger partial charge in [-0.25, -0.2) is 4.39 Å². The van der Waals surface area contributed by atoms with Crippen molar-refractivity contribution in [2.75, 3.05) is 0 Å². The van der Waals surface area contributed by atoms with E-state index in [0.717, 1.165) is 12.1 Å². The molecule has 1 rings (SSSR count). The van der Waals surface area contributed by atoms with Gasteiger partial charge in [0.05, 0.1) is 0 Å². The highest BCUT2D eigenvalue weighted by Crippen LogP contribution is 2.15. The lowest BCUT2D eigenvalue weighted by Crippen LogP contribution is -1.83. The van der Waals surface area contributed by atoms with Crippen LogP contribution in [0.25, 0.3) is 6.08 Å². The van der Waals surface area contributed by atoms with Crippen molar-refractivity contribution >= 4 is 23.7 Å². The largest absolute Gasteiger partial charge is 0.324 e. The van der Waals surface area contributed by atoms with Crippen LogP contribution in [0, 0.1) is 5.82 Å². The zero-order valence-electron chi connectivity index (χ0n) is 6.43. The predicted octanol–water partition coefficient (Wildman–Crippen LogP) is 2.99. The molecule has 0 aliphatic carbocycles. The second kappa shape index (κ2) is 4.14. The first kappa shape index (κ1) is 9.86. The molecule has 1 aromatic rings. The number of hydrogen-bond acceptors (Lipinski definition) is 1. The van der Waals surface area contributed by atoms with Crippen LogP contribution < -0.4 is 0 Å². The molecule has 0 heterocycles. The van der Waals surface area contributed by atoms with E-state index in [-0.39, 0.29) is 5.56 Å². The molecule has 0 bridgehead atoms. The van der Waals surface area contributed by atoms with E-state index in [9.17, 15) is 13.6 Å². The Labute approximate surface area is 78.6 Å².